The number of benzene rings is 1. The van der Waals surface area contributed by atoms with Crippen molar-refractivity contribution in [2.75, 3.05) is 25.0 Å². The molecular formula is C13H20ClN3O4S. The number of hydrogen-bond acceptors (Lipinski definition) is 5. The van der Waals surface area contributed by atoms with Gasteiger partial charge < -0.3 is 15.4 Å². The number of ether oxygens (including phenoxy) is 1. The first-order valence-electron chi connectivity index (χ1n) is 6.62. The molecule has 1 atom stereocenters. The van der Waals surface area contributed by atoms with Crippen molar-refractivity contribution in [2.24, 2.45) is 5.14 Å². The van der Waals surface area contributed by atoms with Crippen LogP contribution >= 0.6 is 12.4 Å². The van der Waals surface area contributed by atoms with E-state index >= 15 is 0 Å². The highest BCUT2D eigenvalue weighted by atomic mass is 35.5. The SMILES string of the molecule is Cc1ccc(NC(=O)CC2CNCCO2)cc1S(N)(=O)=O.Cl. The molecular weight excluding hydrogens is 330 g/mol. The van der Waals surface area contributed by atoms with Gasteiger partial charge in [-0.1, -0.05) is 6.07 Å². The van der Waals surface area contributed by atoms with E-state index in [1.54, 1.807) is 19.1 Å². The van der Waals surface area contributed by atoms with Gasteiger partial charge in [-0.2, -0.15) is 0 Å². The van der Waals surface area contributed by atoms with Gasteiger partial charge in [-0.3, -0.25) is 4.79 Å². The summed E-state index contributed by atoms with van der Waals surface area (Å²) in [5, 5.41) is 10.9. The van der Waals surface area contributed by atoms with Crippen LogP contribution in [0.1, 0.15) is 12.0 Å². The second-order valence-corrected chi connectivity index (χ2v) is 6.50. The predicted octanol–water partition coefficient (Wildman–Crippen LogP) is 0.381. The van der Waals surface area contributed by atoms with Crippen LogP contribution in [-0.2, 0) is 19.6 Å². The molecule has 1 heterocycles. The number of aryl methyl sites for hydroxylation is 1. The second kappa shape index (κ2) is 7.89. The Labute approximate surface area is 136 Å². The number of carbonyl (C=O) groups is 1. The predicted molar refractivity (Wildman–Crippen MR) is 85.7 cm³/mol. The molecule has 1 fully saturated rings. The lowest BCUT2D eigenvalue weighted by Gasteiger charge is -2.23. The van der Waals surface area contributed by atoms with Gasteiger partial charge in [0.1, 0.15) is 0 Å². The van der Waals surface area contributed by atoms with E-state index in [2.05, 4.69) is 10.6 Å². The molecule has 0 bridgehead atoms. The molecule has 22 heavy (non-hydrogen) atoms. The van der Waals surface area contributed by atoms with Gasteiger partial charge in [0, 0.05) is 18.8 Å². The third-order valence-electron chi connectivity index (χ3n) is 3.20. The molecule has 2 rings (SSSR count). The van der Waals surface area contributed by atoms with Crippen LogP contribution < -0.4 is 15.8 Å². The fraction of sp³-hybridized carbons (Fsp3) is 0.462. The molecule has 0 spiro atoms. The van der Waals surface area contributed by atoms with Crippen molar-refractivity contribution in [3.63, 3.8) is 0 Å². The third-order valence-corrected chi connectivity index (χ3v) is 4.25. The lowest BCUT2D eigenvalue weighted by molar-refractivity contribution is -0.119. The Morgan fingerprint density at radius 1 is 1.50 bits per heavy atom. The molecule has 1 saturated heterocycles. The zero-order valence-electron chi connectivity index (χ0n) is 12.2. The third kappa shape index (κ3) is 5.22. The first kappa shape index (κ1) is 18.9. The Balaban J connectivity index is 0.00000242. The van der Waals surface area contributed by atoms with E-state index < -0.39 is 10.0 Å². The van der Waals surface area contributed by atoms with Gasteiger partial charge in [0.15, 0.2) is 0 Å². The smallest absolute Gasteiger partial charge is 0.238 e. The summed E-state index contributed by atoms with van der Waals surface area (Å²) in [4.78, 5) is 11.9. The van der Waals surface area contributed by atoms with Crippen LogP contribution in [0.5, 0.6) is 0 Å². The van der Waals surface area contributed by atoms with Crippen LogP contribution in [0.25, 0.3) is 0 Å². The van der Waals surface area contributed by atoms with E-state index in [9.17, 15) is 13.2 Å². The monoisotopic (exact) mass is 349 g/mol. The molecule has 9 heteroatoms. The highest BCUT2D eigenvalue weighted by molar-refractivity contribution is 7.89. The van der Waals surface area contributed by atoms with Crippen molar-refractivity contribution < 1.29 is 17.9 Å². The van der Waals surface area contributed by atoms with Gasteiger partial charge in [0.25, 0.3) is 0 Å². The number of halogens is 1. The normalized spacial score (nSPS) is 18.4. The van der Waals surface area contributed by atoms with Crippen molar-refractivity contribution in [1.29, 1.82) is 0 Å². The van der Waals surface area contributed by atoms with Gasteiger partial charge >= 0.3 is 0 Å². The average molecular weight is 350 g/mol. The summed E-state index contributed by atoms with van der Waals surface area (Å²) in [6.07, 6.45) is 0.0490. The number of anilines is 1. The Bertz CT molecular complexity index is 630. The molecule has 1 aliphatic rings. The molecule has 0 radical (unpaired) electrons. The molecule has 124 valence electrons. The number of carbonyl (C=O) groups excluding carboxylic acids is 1. The first-order chi connectivity index (χ1) is 9.86. The van der Waals surface area contributed by atoms with E-state index in [1.807, 2.05) is 0 Å². The minimum Gasteiger partial charge on any atom is -0.375 e. The van der Waals surface area contributed by atoms with Gasteiger partial charge in [0.2, 0.25) is 15.9 Å². The molecule has 4 N–H and O–H groups in total. The molecule has 1 aromatic rings. The molecule has 0 aliphatic carbocycles. The Hall–Kier alpha value is -1.19. The fourth-order valence-electron chi connectivity index (χ4n) is 2.15. The van der Waals surface area contributed by atoms with Crippen LogP contribution in [0.15, 0.2) is 23.1 Å². The Morgan fingerprint density at radius 3 is 2.82 bits per heavy atom. The standard InChI is InChI=1S/C13H19N3O4S.ClH/c1-9-2-3-10(6-12(9)21(14,18)19)16-13(17)7-11-8-15-4-5-20-11;/h2-3,6,11,15H,4-5,7-8H2,1H3,(H,16,17)(H2,14,18,19);1H. The number of sulfonamides is 1. The van der Waals surface area contributed by atoms with Crippen LogP contribution in [0.3, 0.4) is 0 Å². The lowest BCUT2D eigenvalue weighted by atomic mass is 10.2. The summed E-state index contributed by atoms with van der Waals surface area (Å²) in [5.41, 5.74) is 0.939. The summed E-state index contributed by atoms with van der Waals surface area (Å²) in [6, 6.07) is 4.61. The number of morpholine rings is 1. The maximum absolute atomic E-state index is 11.9. The van der Waals surface area contributed by atoms with Crippen LogP contribution in [0, 0.1) is 6.92 Å². The summed E-state index contributed by atoms with van der Waals surface area (Å²) in [5.74, 6) is -0.229. The summed E-state index contributed by atoms with van der Waals surface area (Å²) < 4.78 is 28.3. The maximum atomic E-state index is 11.9. The summed E-state index contributed by atoms with van der Waals surface area (Å²) in [6.45, 7) is 3.64. The summed E-state index contributed by atoms with van der Waals surface area (Å²) >= 11 is 0. The number of rotatable bonds is 4. The fourth-order valence-corrected chi connectivity index (χ4v) is 2.96. The molecule has 1 aromatic carbocycles. The average Bonchev–Trinajstić information content (AvgIpc) is 2.41. The zero-order chi connectivity index (χ0) is 15.5. The minimum atomic E-state index is -3.80. The molecule has 0 saturated carbocycles. The van der Waals surface area contributed by atoms with Gasteiger partial charge in [-0.05, 0) is 24.6 Å². The van der Waals surface area contributed by atoms with Crippen molar-refractivity contribution >= 4 is 34.0 Å². The number of amides is 1. The minimum absolute atomic E-state index is 0. The molecule has 1 amide bonds. The first-order valence-corrected chi connectivity index (χ1v) is 8.16. The summed E-state index contributed by atoms with van der Waals surface area (Å²) in [7, 11) is -3.80. The van der Waals surface area contributed by atoms with E-state index in [4.69, 9.17) is 9.88 Å². The highest BCUT2D eigenvalue weighted by Gasteiger charge is 2.18. The number of nitrogens with two attached hydrogens (primary N) is 1. The quantitative estimate of drug-likeness (QED) is 0.728. The maximum Gasteiger partial charge on any atom is 0.238 e. The largest absolute Gasteiger partial charge is 0.375 e. The van der Waals surface area contributed by atoms with E-state index in [0.29, 0.717) is 24.4 Å². The Kier molecular flexibility index (Phi) is 6.76. The zero-order valence-corrected chi connectivity index (χ0v) is 13.8. The molecule has 1 unspecified atom stereocenters. The van der Waals surface area contributed by atoms with Crippen molar-refractivity contribution in [1.82, 2.24) is 5.32 Å². The topological polar surface area (TPSA) is 111 Å². The Morgan fingerprint density at radius 2 is 2.23 bits per heavy atom. The number of hydrogen-bond donors (Lipinski definition) is 3. The van der Waals surface area contributed by atoms with Crippen molar-refractivity contribution in [3.8, 4) is 0 Å². The van der Waals surface area contributed by atoms with Gasteiger partial charge in [-0.25, -0.2) is 13.6 Å². The van der Waals surface area contributed by atoms with E-state index in [1.165, 1.54) is 6.07 Å². The number of nitrogens with one attached hydrogen (secondary N) is 2. The van der Waals surface area contributed by atoms with E-state index in [-0.39, 0.29) is 35.7 Å². The molecule has 1 aliphatic heterocycles. The molecule has 0 aromatic heterocycles. The van der Waals surface area contributed by atoms with Gasteiger partial charge in [-0.15, -0.1) is 12.4 Å². The van der Waals surface area contributed by atoms with Gasteiger partial charge in [0.05, 0.1) is 24.0 Å². The van der Waals surface area contributed by atoms with Crippen LogP contribution in [0.2, 0.25) is 0 Å². The van der Waals surface area contributed by atoms with Crippen LogP contribution in [-0.4, -0.2) is 40.1 Å². The van der Waals surface area contributed by atoms with Crippen LogP contribution in [0.4, 0.5) is 5.69 Å². The second-order valence-electron chi connectivity index (χ2n) is 4.97. The van der Waals surface area contributed by atoms with Crippen molar-refractivity contribution in [2.45, 2.75) is 24.3 Å². The van der Waals surface area contributed by atoms with E-state index in [0.717, 1.165) is 6.54 Å². The highest BCUT2D eigenvalue weighted by Crippen LogP contribution is 2.19. The lowest BCUT2D eigenvalue weighted by Crippen LogP contribution is -2.40. The number of primary sulfonamides is 1. The molecule has 7 nitrogen and oxygen atoms in total. The van der Waals surface area contributed by atoms with Crippen molar-refractivity contribution in [3.05, 3.63) is 23.8 Å².